The summed E-state index contributed by atoms with van der Waals surface area (Å²) in [5, 5.41) is 0.322. The molecule has 2 aromatic carbocycles. The molecule has 1 N–H and O–H groups in total. The van der Waals surface area contributed by atoms with Crippen LogP contribution in [0, 0.1) is 0 Å². The van der Waals surface area contributed by atoms with Crippen molar-refractivity contribution in [3.05, 3.63) is 53.1 Å². The summed E-state index contributed by atoms with van der Waals surface area (Å²) in [6.07, 6.45) is 0.338. The maximum Gasteiger partial charge on any atom is 0.387 e. The first-order chi connectivity index (χ1) is 11.8. The third-order valence-corrected chi connectivity index (χ3v) is 4.95. The summed E-state index contributed by atoms with van der Waals surface area (Å²) in [4.78, 5) is 0.0678. The third kappa shape index (κ3) is 5.55. The Bertz CT molecular complexity index is 831. The number of methoxy groups -OCH3 is 1. The maximum absolute atomic E-state index is 12.3. The second-order valence-corrected chi connectivity index (χ2v) is 7.17. The van der Waals surface area contributed by atoms with Gasteiger partial charge in [-0.15, -0.1) is 0 Å². The number of nitrogens with one attached hydrogen (secondary N) is 1. The minimum atomic E-state index is -3.68. The lowest BCUT2D eigenvalue weighted by Gasteiger charge is -2.12. The van der Waals surface area contributed by atoms with Crippen LogP contribution in [0.4, 0.5) is 8.78 Å². The SMILES string of the molecule is COc1cc(CCNS(=O)(=O)c2cccc(Cl)c2)ccc1OC(F)F. The lowest BCUT2D eigenvalue weighted by molar-refractivity contribution is -0.0512. The van der Waals surface area contributed by atoms with Crippen molar-refractivity contribution in [1.29, 1.82) is 0 Å². The molecule has 0 aliphatic carbocycles. The van der Waals surface area contributed by atoms with Crippen LogP contribution in [0.15, 0.2) is 47.4 Å². The molecule has 0 radical (unpaired) electrons. The monoisotopic (exact) mass is 391 g/mol. The zero-order valence-electron chi connectivity index (χ0n) is 13.2. The number of hydrogen-bond donors (Lipinski definition) is 1. The van der Waals surface area contributed by atoms with Gasteiger partial charge in [-0.2, -0.15) is 8.78 Å². The van der Waals surface area contributed by atoms with Crippen molar-refractivity contribution in [2.45, 2.75) is 17.9 Å². The van der Waals surface area contributed by atoms with Crippen LogP contribution >= 0.6 is 11.6 Å². The molecule has 5 nitrogen and oxygen atoms in total. The number of sulfonamides is 1. The summed E-state index contributed by atoms with van der Waals surface area (Å²) < 4.78 is 60.7. The minimum Gasteiger partial charge on any atom is -0.493 e. The molecule has 2 rings (SSSR count). The zero-order chi connectivity index (χ0) is 18.4. The van der Waals surface area contributed by atoms with Crippen molar-refractivity contribution >= 4 is 21.6 Å². The minimum absolute atomic E-state index is 0.0678. The molecule has 0 atom stereocenters. The first-order valence-corrected chi connectivity index (χ1v) is 9.05. The molecule has 0 saturated heterocycles. The van der Waals surface area contributed by atoms with Gasteiger partial charge in [0.1, 0.15) is 0 Å². The van der Waals surface area contributed by atoms with Gasteiger partial charge >= 0.3 is 6.61 Å². The Hall–Kier alpha value is -1.90. The van der Waals surface area contributed by atoms with E-state index in [9.17, 15) is 17.2 Å². The average Bonchev–Trinajstić information content (AvgIpc) is 2.55. The zero-order valence-corrected chi connectivity index (χ0v) is 14.8. The molecule has 0 aromatic heterocycles. The van der Waals surface area contributed by atoms with Crippen molar-refractivity contribution in [2.24, 2.45) is 0 Å². The van der Waals surface area contributed by atoms with E-state index in [1.165, 1.54) is 31.4 Å². The fraction of sp³-hybridized carbons (Fsp3) is 0.250. The van der Waals surface area contributed by atoms with Crippen LogP contribution < -0.4 is 14.2 Å². The van der Waals surface area contributed by atoms with Gasteiger partial charge in [0.15, 0.2) is 11.5 Å². The van der Waals surface area contributed by atoms with E-state index in [-0.39, 0.29) is 22.9 Å². The molecule has 136 valence electrons. The van der Waals surface area contributed by atoms with Crippen molar-refractivity contribution in [2.75, 3.05) is 13.7 Å². The Balaban J connectivity index is 2.01. The summed E-state index contributed by atoms with van der Waals surface area (Å²) in [7, 11) is -2.35. The molecular weight excluding hydrogens is 376 g/mol. The van der Waals surface area contributed by atoms with Crippen LogP contribution in [0.2, 0.25) is 5.02 Å². The van der Waals surface area contributed by atoms with E-state index in [4.69, 9.17) is 16.3 Å². The lowest BCUT2D eigenvalue weighted by atomic mass is 10.1. The Morgan fingerprint density at radius 3 is 2.56 bits per heavy atom. The molecule has 0 saturated carbocycles. The third-order valence-electron chi connectivity index (χ3n) is 3.26. The summed E-state index contributed by atoms with van der Waals surface area (Å²) in [5.41, 5.74) is 0.701. The van der Waals surface area contributed by atoms with E-state index in [1.54, 1.807) is 18.2 Å². The van der Waals surface area contributed by atoms with Gasteiger partial charge in [0.05, 0.1) is 12.0 Å². The highest BCUT2D eigenvalue weighted by Crippen LogP contribution is 2.29. The summed E-state index contributed by atoms with van der Waals surface area (Å²) in [5.74, 6) is 0.0660. The fourth-order valence-electron chi connectivity index (χ4n) is 2.11. The number of benzene rings is 2. The van der Waals surface area contributed by atoms with Gasteiger partial charge in [0.25, 0.3) is 0 Å². The van der Waals surface area contributed by atoms with E-state index < -0.39 is 16.6 Å². The van der Waals surface area contributed by atoms with Crippen molar-refractivity contribution < 1.29 is 26.7 Å². The van der Waals surface area contributed by atoms with E-state index in [2.05, 4.69) is 9.46 Å². The average molecular weight is 392 g/mol. The van der Waals surface area contributed by atoms with Crippen LogP contribution in [0.25, 0.3) is 0 Å². The molecule has 0 bridgehead atoms. The van der Waals surface area contributed by atoms with Crippen LogP contribution in [-0.4, -0.2) is 28.7 Å². The topological polar surface area (TPSA) is 64.6 Å². The van der Waals surface area contributed by atoms with Crippen LogP contribution in [0.5, 0.6) is 11.5 Å². The highest BCUT2D eigenvalue weighted by atomic mass is 35.5. The molecule has 0 amide bonds. The van der Waals surface area contributed by atoms with Crippen LogP contribution in [-0.2, 0) is 16.4 Å². The van der Waals surface area contributed by atoms with E-state index in [0.717, 1.165) is 0 Å². The van der Waals surface area contributed by atoms with Gasteiger partial charge in [-0.1, -0.05) is 23.7 Å². The Kier molecular flexibility index (Phi) is 6.57. The predicted octanol–water partition coefficient (Wildman–Crippen LogP) is 3.47. The maximum atomic E-state index is 12.3. The number of halogens is 3. The van der Waals surface area contributed by atoms with Crippen molar-refractivity contribution in [3.63, 3.8) is 0 Å². The number of ether oxygens (including phenoxy) is 2. The molecular formula is C16H16ClF2NO4S. The highest BCUT2D eigenvalue weighted by Gasteiger charge is 2.14. The quantitative estimate of drug-likeness (QED) is 0.748. The van der Waals surface area contributed by atoms with Crippen molar-refractivity contribution in [1.82, 2.24) is 4.72 Å². The Morgan fingerprint density at radius 1 is 1.16 bits per heavy atom. The first-order valence-electron chi connectivity index (χ1n) is 7.19. The van der Waals surface area contributed by atoms with Gasteiger partial charge in [0.2, 0.25) is 10.0 Å². The van der Waals surface area contributed by atoms with Gasteiger partial charge in [0, 0.05) is 11.6 Å². The molecule has 0 unspecified atom stereocenters. The second kappa shape index (κ2) is 8.46. The van der Waals surface area contributed by atoms with Gasteiger partial charge < -0.3 is 9.47 Å². The number of alkyl halides is 2. The Labute approximate surface area is 149 Å². The normalized spacial score (nSPS) is 11.6. The van der Waals surface area contributed by atoms with Crippen molar-refractivity contribution in [3.8, 4) is 11.5 Å². The van der Waals surface area contributed by atoms with Gasteiger partial charge in [-0.3, -0.25) is 0 Å². The van der Waals surface area contributed by atoms with Crippen LogP contribution in [0.3, 0.4) is 0 Å². The molecule has 9 heteroatoms. The Morgan fingerprint density at radius 2 is 1.92 bits per heavy atom. The molecule has 0 fully saturated rings. The van der Waals surface area contributed by atoms with Gasteiger partial charge in [-0.05, 0) is 42.3 Å². The molecule has 0 heterocycles. The second-order valence-electron chi connectivity index (χ2n) is 4.97. The lowest BCUT2D eigenvalue weighted by Crippen LogP contribution is -2.26. The smallest absolute Gasteiger partial charge is 0.387 e. The van der Waals surface area contributed by atoms with E-state index in [0.29, 0.717) is 17.0 Å². The molecule has 0 spiro atoms. The van der Waals surface area contributed by atoms with Crippen LogP contribution in [0.1, 0.15) is 5.56 Å². The van der Waals surface area contributed by atoms with Gasteiger partial charge in [-0.25, -0.2) is 13.1 Å². The molecule has 2 aromatic rings. The number of rotatable bonds is 8. The summed E-state index contributed by atoms with van der Waals surface area (Å²) in [6, 6.07) is 10.3. The molecule has 0 aliphatic rings. The predicted molar refractivity (Wildman–Crippen MR) is 90.0 cm³/mol. The standard InChI is InChI=1S/C16H16ClF2NO4S/c1-23-15-9-11(5-6-14(15)24-16(18)19)7-8-20-25(21,22)13-4-2-3-12(17)10-13/h2-6,9-10,16,20H,7-8H2,1H3. The van der Waals surface area contributed by atoms with E-state index in [1.807, 2.05) is 0 Å². The molecule has 25 heavy (non-hydrogen) atoms. The summed E-state index contributed by atoms with van der Waals surface area (Å²) >= 11 is 5.79. The summed E-state index contributed by atoms with van der Waals surface area (Å²) in [6.45, 7) is -2.84. The largest absolute Gasteiger partial charge is 0.493 e. The highest BCUT2D eigenvalue weighted by molar-refractivity contribution is 7.89. The first kappa shape index (κ1) is 19.4. The number of hydrogen-bond acceptors (Lipinski definition) is 4. The molecule has 0 aliphatic heterocycles. The van der Waals surface area contributed by atoms with E-state index >= 15 is 0 Å². The fourth-order valence-corrected chi connectivity index (χ4v) is 3.44.